The standard InChI is InChI=1S/C25H23N5O3S/c26-14-21-20-7-6-19(33-25(32)29-12-9-18-4-2-11-28-16-18)13-22(20)34-24(21)30-23(31)8-5-17-3-1-10-27-15-17/h1-5,8,10-11,15-16,19H,6-7,9,12-13H2,(H,29,32)(H,30,31). The number of fused-ring (bicyclic) bond motifs is 1. The monoisotopic (exact) mass is 473 g/mol. The number of nitrogens with one attached hydrogen (secondary N) is 2. The fraction of sp³-hybridized carbons (Fsp3) is 0.240. The van der Waals surface area contributed by atoms with Crippen LogP contribution >= 0.6 is 11.3 Å². The molecule has 3 aromatic heterocycles. The number of carbonyl (C=O) groups is 2. The Balaban J connectivity index is 1.32. The van der Waals surface area contributed by atoms with Crippen LogP contribution in [0.25, 0.3) is 6.08 Å². The van der Waals surface area contributed by atoms with E-state index in [0.29, 0.717) is 42.8 Å². The number of alkyl carbamates (subject to hydrolysis) is 1. The Labute approximate surface area is 201 Å². The molecule has 1 atom stereocenters. The molecule has 3 aromatic rings. The summed E-state index contributed by atoms with van der Waals surface area (Å²) in [5.74, 6) is -0.320. The molecule has 172 valence electrons. The molecule has 2 N–H and O–H groups in total. The Morgan fingerprint density at radius 3 is 2.79 bits per heavy atom. The first-order valence-electron chi connectivity index (χ1n) is 10.9. The summed E-state index contributed by atoms with van der Waals surface area (Å²) in [7, 11) is 0. The normalized spacial score (nSPS) is 14.7. The van der Waals surface area contributed by atoms with Gasteiger partial charge in [0.1, 0.15) is 17.2 Å². The topological polar surface area (TPSA) is 117 Å². The average Bonchev–Trinajstić information content (AvgIpc) is 3.20. The van der Waals surface area contributed by atoms with Gasteiger partial charge in [0.25, 0.3) is 0 Å². The smallest absolute Gasteiger partial charge is 0.407 e. The van der Waals surface area contributed by atoms with Gasteiger partial charge in [-0.25, -0.2) is 4.79 Å². The molecule has 0 radical (unpaired) electrons. The highest BCUT2D eigenvalue weighted by molar-refractivity contribution is 7.16. The predicted octanol–water partition coefficient (Wildman–Crippen LogP) is 3.89. The van der Waals surface area contributed by atoms with Crippen LogP contribution in [0.1, 0.15) is 33.6 Å². The number of anilines is 1. The Bertz CT molecular complexity index is 1220. The van der Waals surface area contributed by atoms with Crippen LogP contribution in [0.2, 0.25) is 0 Å². The Kier molecular flexibility index (Phi) is 7.63. The van der Waals surface area contributed by atoms with E-state index in [1.807, 2.05) is 18.2 Å². The summed E-state index contributed by atoms with van der Waals surface area (Å²) < 4.78 is 5.59. The van der Waals surface area contributed by atoms with Gasteiger partial charge >= 0.3 is 6.09 Å². The Morgan fingerprint density at radius 2 is 2.06 bits per heavy atom. The lowest BCUT2D eigenvalue weighted by atomic mass is 9.94. The van der Waals surface area contributed by atoms with E-state index in [1.165, 1.54) is 17.4 Å². The highest BCUT2D eigenvalue weighted by Crippen LogP contribution is 2.38. The minimum Gasteiger partial charge on any atom is -0.446 e. The zero-order valence-corrected chi connectivity index (χ0v) is 19.2. The van der Waals surface area contributed by atoms with Crippen molar-refractivity contribution < 1.29 is 14.3 Å². The highest BCUT2D eigenvalue weighted by atomic mass is 32.1. The van der Waals surface area contributed by atoms with E-state index in [-0.39, 0.29) is 12.0 Å². The van der Waals surface area contributed by atoms with Gasteiger partial charge < -0.3 is 15.4 Å². The molecule has 1 unspecified atom stereocenters. The third-order valence-corrected chi connectivity index (χ3v) is 6.53. The van der Waals surface area contributed by atoms with Gasteiger partial charge in [0, 0.05) is 48.7 Å². The summed E-state index contributed by atoms with van der Waals surface area (Å²) >= 11 is 1.36. The average molecular weight is 474 g/mol. The second kappa shape index (κ2) is 11.2. The lowest BCUT2D eigenvalue weighted by Gasteiger charge is -2.22. The van der Waals surface area contributed by atoms with Crippen LogP contribution in [0, 0.1) is 11.3 Å². The van der Waals surface area contributed by atoms with Crippen molar-refractivity contribution in [2.75, 3.05) is 11.9 Å². The van der Waals surface area contributed by atoms with Crippen LogP contribution in [0.4, 0.5) is 9.80 Å². The molecule has 1 aliphatic carbocycles. The van der Waals surface area contributed by atoms with Gasteiger partial charge in [-0.05, 0) is 54.2 Å². The molecular weight excluding hydrogens is 450 g/mol. The van der Waals surface area contributed by atoms with E-state index in [9.17, 15) is 14.9 Å². The van der Waals surface area contributed by atoms with Gasteiger partial charge in [-0.1, -0.05) is 12.1 Å². The predicted molar refractivity (Wildman–Crippen MR) is 129 cm³/mol. The molecule has 3 heterocycles. The second-order valence-corrected chi connectivity index (χ2v) is 8.84. The zero-order valence-electron chi connectivity index (χ0n) is 18.4. The molecule has 0 saturated carbocycles. The van der Waals surface area contributed by atoms with Crippen LogP contribution in [0.3, 0.4) is 0 Å². The van der Waals surface area contributed by atoms with Crippen molar-refractivity contribution in [1.29, 1.82) is 5.26 Å². The molecule has 4 rings (SSSR count). The van der Waals surface area contributed by atoms with E-state index < -0.39 is 6.09 Å². The number of aromatic nitrogens is 2. The van der Waals surface area contributed by atoms with E-state index in [0.717, 1.165) is 21.6 Å². The minimum atomic E-state index is -0.455. The molecule has 0 aromatic carbocycles. The highest BCUT2D eigenvalue weighted by Gasteiger charge is 2.28. The van der Waals surface area contributed by atoms with Crippen molar-refractivity contribution in [2.45, 2.75) is 31.8 Å². The largest absolute Gasteiger partial charge is 0.446 e. The fourth-order valence-corrected chi connectivity index (χ4v) is 4.98. The van der Waals surface area contributed by atoms with Crippen molar-refractivity contribution in [3.63, 3.8) is 0 Å². The van der Waals surface area contributed by atoms with E-state index in [4.69, 9.17) is 4.74 Å². The molecule has 2 amide bonds. The summed E-state index contributed by atoms with van der Waals surface area (Å²) in [5.41, 5.74) is 3.26. The van der Waals surface area contributed by atoms with E-state index >= 15 is 0 Å². The summed E-state index contributed by atoms with van der Waals surface area (Å²) in [4.78, 5) is 33.6. The van der Waals surface area contributed by atoms with Crippen molar-refractivity contribution in [2.24, 2.45) is 0 Å². The first-order valence-corrected chi connectivity index (χ1v) is 11.7. The number of hydrogen-bond donors (Lipinski definition) is 2. The fourth-order valence-electron chi connectivity index (χ4n) is 3.71. The molecule has 1 aliphatic rings. The van der Waals surface area contributed by atoms with Crippen molar-refractivity contribution >= 4 is 34.4 Å². The van der Waals surface area contributed by atoms with Crippen LogP contribution in [0.5, 0.6) is 0 Å². The summed E-state index contributed by atoms with van der Waals surface area (Å²) in [6, 6.07) is 9.67. The molecule has 34 heavy (non-hydrogen) atoms. The van der Waals surface area contributed by atoms with Gasteiger partial charge in [0.2, 0.25) is 5.91 Å². The van der Waals surface area contributed by atoms with Crippen LogP contribution in [-0.4, -0.2) is 34.6 Å². The lowest BCUT2D eigenvalue weighted by molar-refractivity contribution is -0.111. The Morgan fingerprint density at radius 1 is 1.24 bits per heavy atom. The zero-order chi connectivity index (χ0) is 23.8. The molecule has 9 heteroatoms. The van der Waals surface area contributed by atoms with E-state index in [1.54, 1.807) is 36.9 Å². The van der Waals surface area contributed by atoms with Gasteiger partial charge in [0.15, 0.2) is 0 Å². The SMILES string of the molecule is N#Cc1c(NC(=O)C=Cc2cccnc2)sc2c1CCC(OC(=O)NCCc1cccnc1)C2. The van der Waals surface area contributed by atoms with Gasteiger partial charge in [-0.2, -0.15) is 5.26 Å². The molecule has 0 fully saturated rings. The molecule has 0 bridgehead atoms. The van der Waals surface area contributed by atoms with Crippen molar-refractivity contribution in [3.8, 4) is 6.07 Å². The quantitative estimate of drug-likeness (QED) is 0.503. The van der Waals surface area contributed by atoms with Gasteiger partial charge in [-0.15, -0.1) is 11.3 Å². The molecule has 8 nitrogen and oxygen atoms in total. The van der Waals surface area contributed by atoms with Crippen LogP contribution < -0.4 is 10.6 Å². The minimum absolute atomic E-state index is 0.273. The molecule has 0 aliphatic heterocycles. The van der Waals surface area contributed by atoms with E-state index in [2.05, 4.69) is 26.7 Å². The molecular formula is C25H23N5O3S. The van der Waals surface area contributed by atoms with Crippen molar-refractivity contribution in [1.82, 2.24) is 15.3 Å². The first-order chi connectivity index (χ1) is 16.6. The third kappa shape index (κ3) is 6.05. The number of amides is 2. The maximum Gasteiger partial charge on any atom is 0.407 e. The molecule has 0 saturated heterocycles. The first kappa shape index (κ1) is 23.1. The number of rotatable bonds is 7. The van der Waals surface area contributed by atoms with Crippen LogP contribution in [0.15, 0.2) is 55.1 Å². The molecule has 0 spiro atoms. The number of nitrogens with zero attached hydrogens (tertiary/aromatic N) is 3. The third-order valence-electron chi connectivity index (χ3n) is 5.36. The number of thiophene rings is 1. The summed E-state index contributed by atoms with van der Waals surface area (Å²) in [6.45, 7) is 0.461. The number of nitriles is 1. The number of ether oxygens (including phenoxy) is 1. The number of pyridine rings is 2. The lowest BCUT2D eigenvalue weighted by Crippen LogP contribution is -2.33. The van der Waals surface area contributed by atoms with Crippen LogP contribution in [-0.2, 0) is 28.8 Å². The van der Waals surface area contributed by atoms with Gasteiger partial charge in [-0.3, -0.25) is 14.8 Å². The van der Waals surface area contributed by atoms with Gasteiger partial charge in [0.05, 0.1) is 5.56 Å². The maximum absolute atomic E-state index is 12.4. The number of carbonyl (C=O) groups excluding carboxylic acids is 2. The number of hydrogen-bond acceptors (Lipinski definition) is 7. The maximum atomic E-state index is 12.4. The summed E-state index contributed by atoms with van der Waals surface area (Å²) in [6.07, 6.45) is 11.6. The second-order valence-electron chi connectivity index (χ2n) is 7.74. The summed E-state index contributed by atoms with van der Waals surface area (Å²) in [5, 5.41) is 15.8. The van der Waals surface area contributed by atoms with Crippen molar-refractivity contribution in [3.05, 3.63) is 82.3 Å². The Hall–Kier alpha value is -4.03.